The SMILES string of the molecule is Cc1cccc(NS(=O)(=O)c2ccc(N3CCNC3=O)cc2)c1. The lowest BCUT2D eigenvalue weighted by molar-refractivity contribution is 0.252. The van der Waals surface area contributed by atoms with E-state index in [1.165, 1.54) is 12.1 Å². The van der Waals surface area contributed by atoms with Crippen molar-refractivity contribution >= 4 is 27.4 Å². The molecule has 0 atom stereocenters. The maximum absolute atomic E-state index is 12.4. The molecular weight excluding hydrogens is 314 g/mol. The maximum Gasteiger partial charge on any atom is 0.321 e. The molecular formula is C16H17N3O3S. The normalized spacial score (nSPS) is 14.7. The van der Waals surface area contributed by atoms with Crippen LogP contribution in [0.4, 0.5) is 16.2 Å². The number of urea groups is 1. The summed E-state index contributed by atoms with van der Waals surface area (Å²) in [6.45, 7) is 3.06. The van der Waals surface area contributed by atoms with Gasteiger partial charge in [0.2, 0.25) is 0 Å². The number of sulfonamides is 1. The zero-order valence-corrected chi connectivity index (χ0v) is 13.4. The zero-order chi connectivity index (χ0) is 16.4. The second kappa shape index (κ2) is 5.92. The molecule has 2 aromatic rings. The Kier molecular flexibility index (Phi) is 3.96. The van der Waals surface area contributed by atoms with E-state index < -0.39 is 10.0 Å². The third-order valence-electron chi connectivity index (χ3n) is 3.59. The van der Waals surface area contributed by atoms with E-state index >= 15 is 0 Å². The number of nitrogens with one attached hydrogen (secondary N) is 2. The van der Waals surface area contributed by atoms with Crippen molar-refractivity contribution in [2.24, 2.45) is 0 Å². The molecule has 0 saturated carbocycles. The molecule has 1 aliphatic rings. The monoisotopic (exact) mass is 331 g/mol. The summed E-state index contributed by atoms with van der Waals surface area (Å²) in [4.78, 5) is 13.3. The highest BCUT2D eigenvalue weighted by Crippen LogP contribution is 2.21. The van der Waals surface area contributed by atoms with E-state index in [0.29, 0.717) is 24.5 Å². The number of carbonyl (C=O) groups is 1. The summed E-state index contributed by atoms with van der Waals surface area (Å²) in [7, 11) is -3.65. The number of hydrogen-bond acceptors (Lipinski definition) is 3. The Bertz CT molecular complexity index is 832. The van der Waals surface area contributed by atoms with E-state index in [0.717, 1.165) is 5.56 Å². The lowest BCUT2D eigenvalue weighted by atomic mass is 10.2. The van der Waals surface area contributed by atoms with Gasteiger partial charge in [-0.05, 0) is 48.9 Å². The van der Waals surface area contributed by atoms with Crippen LogP contribution >= 0.6 is 0 Å². The molecule has 3 rings (SSSR count). The van der Waals surface area contributed by atoms with Crippen LogP contribution in [-0.4, -0.2) is 27.5 Å². The second-order valence-corrected chi connectivity index (χ2v) is 7.03. The van der Waals surface area contributed by atoms with Gasteiger partial charge in [-0.2, -0.15) is 0 Å². The Morgan fingerprint density at radius 3 is 2.48 bits per heavy atom. The minimum atomic E-state index is -3.65. The zero-order valence-electron chi connectivity index (χ0n) is 12.6. The van der Waals surface area contributed by atoms with Crippen LogP contribution in [0.15, 0.2) is 53.4 Å². The van der Waals surface area contributed by atoms with Crippen molar-refractivity contribution in [3.8, 4) is 0 Å². The first-order valence-corrected chi connectivity index (χ1v) is 8.69. The first kappa shape index (κ1) is 15.4. The quantitative estimate of drug-likeness (QED) is 0.902. The van der Waals surface area contributed by atoms with Gasteiger partial charge in [0.15, 0.2) is 0 Å². The van der Waals surface area contributed by atoms with Crippen molar-refractivity contribution in [2.75, 3.05) is 22.7 Å². The molecule has 120 valence electrons. The number of rotatable bonds is 4. The molecule has 0 aromatic heterocycles. The van der Waals surface area contributed by atoms with Crippen molar-refractivity contribution in [3.05, 3.63) is 54.1 Å². The standard InChI is InChI=1S/C16H17N3O3S/c1-12-3-2-4-13(11-12)18-23(21,22)15-7-5-14(6-8-15)19-10-9-17-16(19)20/h2-8,11,18H,9-10H2,1H3,(H,17,20). The van der Waals surface area contributed by atoms with Gasteiger partial charge in [0, 0.05) is 24.5 Å². The van der Waals surface area contributed by atoms with Crippen LogP contribution < -0.4 is 14.9 Å². The van der Waals surface area contributed by atoms with E-state index in [9.17, 15) is 13.2 Å². The van der Waals surface area contributed by atoms with Crippen LogP contribution in [0.2, 0.25) is 0 Å². The maximum atomic E-state index is 12.4. The minimum absolute atomic E-state index is 0.155. The molecule has 2 aromatic carbocycles. The Morgan fingerprint density at radius 1 is 1.13 bits per heavy atom. The van der Waals surface area contributed by atoms with Gasteiger partial charge in [-0.15, -0.1) is 0 Å². The van der Waals surface area contributed by atoms with E-state index in [1.54, 1.807) is 35.2 Å². The van der Waals surface area contributed by atoms with Crippen LogP contribution in [0, 0.1) is 6.92 Å². The number of benzene rings is 2. The van der Waals surface area contributed by atoms with Gasteiger partial charge in [-0.25, -0.2) is 13.2 Å². The first-order chi connectivity index (χ1) is 11.0. The fourth-order valence-electron chi connectivity index (χ4n) is 2.45. The van der Waals surface area contributed by atoms with Gasteiger partial charge in [-0.3, -0.25) is 9.62 Å². The van der Waals surface area contributed by atoms with Gasteiger partial charge in [0.25, 0.3) is 10.0 Å². The molecule has 1 saturated heterocycles. The smallest absolute Gasteiger partial charge is 0.321 e. The Labute approximate surface area is 135 Å². The molecule has 1 heterocycles. The van der Waals surface area contributed by atoms with Crippen molar-refractivity contribution in [3.63, 3.8) is 0 Å². The third-order valence-corrected chi connectivity index (χ3v) is 4.98. The summed E-state index contributed by atoms with van der Waals surface area (Å²) < 4.78 is 27.4. The summed E-state index contributed by atoms with van der Waals surface area (Å²) in [5.41, 5.74) is 2.17. The average Bonchev–Trinajstić information content (AvgIpc) is 2.93. The highest BCUT2D eigenvalue weighted by atomic mass is 32.2. The molecule has 0 spiro atoms. The fourth-order valence-corrected chi connectivity index (χ4v) is 3.50. The molecule has 2 amide bonds. The predicted octanol–water partition coefficient (Wildman–Crippen LogP) is 2.33. The highest BCUT2D eigenvalue weighted by molar-refractivity contribution is 7.92. The molecule has 2 N–H and O–H groups in total. The van der Waals surface area contributed by atoms with Gasteiger partial charge >= 0.3 is 6.03 Å². The van der Waals surface area contributed by atoms with Gasteiger partial charge in [0.1, 0.15) is 0 Å². The topological polar surface area (TPSA) is 78.5 Å². The van der Waals surface area contributed by atoms with Crippen molar-refractivity contribution in [1.29, 1.82) is 0 Å². The first-order valence-electron chi connectivity index (χ1n) is 7.21. The summed E-state index contributed by atoms with van der Waals surface area (Å²) >= 11 is 0. The molecule has 6 nitrogen and oxygen atoms in total. The lowest BCUT2D eigenvalue weighted by Gasteiger charge is -2.15. The molecule has 0 unspecified atom stereocenters. The number of aryl methyl sites for hydroxylation is 1. The second-order valence-electron chi connectivity index (χ2n) is 5.35. The number of amides is 2. The van der Waals surface area contributed by atoms with Crippen molar-refractivity contribution in [2.45, 2.75) is 11.8 Å². The van der Waals surface area contributed by atoms with E-state index in [4.69, 9.17) is 0 Å². The highest BCUT2D eigenvalue weighted by Gasteiger charge is 2.22. The molecule has 0 radical (unpaired) electrons. The van der Waals surface area contributed by atoms with E-state index in [2.05, 4.69) is 10.0 Å². The lowest BCUT2D eigenvalue weighted by Crippen LogP contribution is -2.27. The number of anilines is 2. The predicted molar refractivity (Wildman–Crippen MR) is 89.2 cm³/mol. The van der Waals surface area contributed by atoms with Crippen molar-refractivity contribution in [1.82, 2.24) is 5.32 Å². The third kappa shape index (κ3) is 3.29. The van der Waals surface area contributed by atoms with Crippen molar-refractivity contribution < 1.29 is 13.2 Å². The van der Waals surface area contributed by atoms with Crippen LogP contribution in [-0.2, 0) is 10.0 Å². The largest absolute Gasteiger partial charge is 0.336 e. The average molecular weight is 331 g/mol. The fraction of sp³-hybridized carbons (Fsp3) is 0.188. The summed E-state index contributed by atoms with van der Waals surface area (Å²) in [5, 5.41) is 2.71. The summed E-state index contributed by atoms with van der Waals surface area (Å²) in [5.74, 6) is 0. The Hall–Kier alpha value is -2.54. The van der Waals surface area contributed by atoms with Crippen LogP contribution in [0.1, 0.15) is 5.56 Å². The molecule has 0 bridgehead atoms. The molecule has 7 heteroatoms. The summed E-state index contributed by atoms with van der Waals surface area (Å²) in [6, 6.07) is 13.3. The Balaban J connectivity index is 1.81. The minimum Gasteiger partial charge on any atom is -0.336 e. The number of nitrogens with zero attached hydrogens (tertiary/aromatic N) is 1. The van der Waals surface area contributed by atoms with Gasteiger partial charge < -0.3 is 5.32 Å². The van der Waals surface area contributed by atoms with E-state index in [1.807, 2.05) is 13.0 Å². The van der Waals surface area contributed by atoms with Crippen LogP contribution in [0.5, 0.6) is 0 Å². The number of hydrogen-bond donors (Lipinski definition) is 2. The Morgan fingerprint density at radius 2 is 1.87 bits per heavy atom. The van der Waals surface area contributed by atoms with Crippen LogP contribution in [0.3, 0.4) is 0 Å². The van der Waals surface area contributed by atoms with Gasteiger partial charge in [0.05, 0.1) is 4.90 Å². The number of carbonyl (C=O) groups excluding carboxylic acids is 1. The molecule has 0 aliphatic carbocycles. The molecule has 23 heavy (non-hydrogen) atoms. The van der Waals surface area contributed by atoms with E-state index in [-0.39, 0.29) is 10.9 Å². The van der Waals surface area contributed by atoms with Gasteiger partial charge in [-0.1, -0.05) is 12.1 Å². The summed E-state index contributed by atoms with van der Waals surface area (Å²) in [6.07, 6.45) is 0. The molecule has 1 aliphatic heterocycles. The van der Waals surface area contributed by atoms with Crippen LogP contribution in [0.25, 0.3) is 0 Å². The molecule has 1 fully saturated rings.